The molecule has 0 fully saturated rings. The molecule has 7 nitrogen and oxygen atoms in total. The Balaban J connectivity index is 1.33. The summed E-state index contributed by atoms with van der Waals surface area (Å²) in [6.07, 6.45) is 1.70. The lowest BCUT2D eigenvalue weighted by molar-refractivity contribution is -0.118. The zero-order chi connectivity index (χ0) is 22.5. The van der Waals surface area contributed by atoms with Crippen LogP contribution in [0.5, 0.6) is 11.5 Å². The first-order valence-corrected chi connectivity index (χ1v) is 10.2. The van der Waals surface area contributed by atoms with Crippen LogP contribution in [0.4, 0.5) is 5.69 Å². The Morgan fingerprint density at radius 3 is 2.56 bits per heavy atom. The predicted octanol–water partition coefficient (Wildman–Crippen LogP) is 3.91. The van der Waals surface area contributed by atoms with Crippen LogP contribution in [0.25, 0.3) is 5.65 Å². The number of pyridine rings is 1. The van der Waals surface area contributed by atoms with Crippen molar-refractivity contribution in [3.8, 4) is 11.5 Å². The maximum Gasteiger partial charge on any atom is 0.262 e. The van der Waals surface area contributed by atoms with Crippen molar-refractivity contribution in [2.24, 2.45) is 0 Å². The predicted molar refractivity (Wildman–Crippen MR) is 122 cm³/mol. The molecule has 162 valence electrons. The van der Waals surface area contributed by atoms with Gasteiger partial charge in [-0.1, -0.05) is 18.2 Å². The summed E-state index contributed by atoms with van der Waals surface area (Å²) in [5.41, 5.74) is 3.63. The maximum atomic E-state index is 12.3. The number of benzene rings is 2. The van der Waals surface area contributed by atoms with E-state index in [0.29, 0.717) is 28.5 Å². The van der Waals surface area contributed by atoms with E-state index in [1.807, 2.05) is 50.2 Å². The highest BCUT2D eigenvalue weighted by atomic mass is 16.5. The Morgan fingerprint density at radius 1 is 0.969 bits per heavy atom. The van der Waals surface area contributed by atoms with Crippen LogP contribution < -0.4 is 20.3 Å². The number of ether oxygens (including phenoxy) is 2. The largest absolute Gasteiger partial charge is 0.487 e. The Kier molecular flexibility index (Phi) is 6.17. The average Bonchev–Trinajstić information content (AvgIpc) is 2.78. The third-order valence-corrected chi connectivity index (χ3v) is 4.82. The number of carbonyl (C=O) groups is 1. The lowest BCUT2D eigenvalue weighted by Crippen LogP contribution is -2.20. The zero-order valence-electron chi connectivity index (χ0n) is 17.9. The van der Waals surface area contributed by atoms with Crippen molar-refractivity contribution in [3.63, 3.8) is 0 Å². The number of aromatic nitrogens is 2. The number of amides is 1. The van der Waals surface area contributed by atoms with Crippen molar-refractivity contribution >= 4 is 17.2 Å². The van der Waals surface area contributed by atoms with Gasteiger partial charge in [0.15, 0.2) is 6.61 Å². The minimum atomic E-state index is -0.253. The molecule has 0 spiro atoms. The third kappa shape index (κ3) is 5.13. The summed E-state index contributed by atoms with van der Waals surface area (Å²) in [6.45, 7) is 3.96. The number of hydrogen-bond donors (Lipinski definition) is 1. The Hall–Kier alpha value is -4.13. The van der Waals surface area contributed by atoms with Gasteiger partial charge in [-0.15, -0.1) is 0 Å². The zero-order valence-corrected chi connectivity index (χ0v) is 17.9. The van der Waals surface area contributed by atoms with Crippen LogP contribution in [0.1, 0.15) is 16.8 Å². The van der Waals surface area contributed by atoms with E-state index in [1.54, 1.807) is 30.5 Å². The second-order valence-corrected chi connectivity index (χ2v) is 7.44. The van der Waals surface area contributed by atoms with E-state index in [2.05, 4.69) is 10.3 Å². The van der Waals surface area contributed by atoms with E-state index < -0.39 is 0 Å². The van der Waals surface area contributed by atoms with Crippen LogP contribution >= 0.6 is 0 Å². The first-order valence-electron chi connectivity index (χ1n) is 10.2. The standard InChI is InChI=1S/C25H23N3O4/c1-17-5-3-7-22(13-17)32-16-23(29)26-19-8-10-21(11-9-19)31-15-20-14-24(30)28-12-4-6-18(2)25(28)27-20/h3-14H,15-16H2,1-2H3,(H,26,29). The van der Waals surface area contributed by atoms with E-state index >= 15 is 0 Å². The van der Waals surface area contributed by atoms with Gasteiger partial charge in [-0.25, -0.2) is 4.98 Å². The SMILES string of the molecule is Cc1cccc(OCC(=O)Nc2ccc(OCc3cc(=O)n4cccc(C)c4n3)cc2)c1. The highest BCUT2D eigenvalue weighted by Gasteiger charge is 2.07. The van der Waals surface area contributed by atoms with Crippen LogP contribution in [-0.4, -0.2) is 21.9 Å². The Morgan fingerprint density at radius 2 is 1.78 bits per heavy atom. The summed E-state index contributed by atoms with van der Waals surface area (Å²) in [5, 5.41) is 2.79. The first-order chi connectivity index (χ1) is 15.5. The summed E-state index contributed by atoms with van der Waals surface area (Å²) in [7, 11) is 0. The Labute approximate surface area is 185 Å². The molecule has 0 unspecified atom stereocenters. The van der Waals surface area contributed by atoms with Crippen molar-refractivity contribution < 1.29 is 14.3 Å². The summed E-state index contributed by atoms with van der Waals surface area (Å²) >= 11 is 0. The highest BCUT2D eigenvalue weighted by Crippen LogP contribution is 2.17. The lowest BCUT2D eigenvalue weighted by Gasteiger charge is -2.10. The van der Waals surface area contributed by atoms with Crippen LogP contribution in [0, 0.1) is 13.8 Å². The van der Waals surface area contributed by atoms with E-state index in [0.717, 1.165) is 11.1 Å². The number of fused-ring (bicyclic) bond motifs is 1. The number of carbonyl (C=O) groups excluding carboxylic acids is 1. The topological polar surface area (TPSA) is 81.9 Å². The van der Waals surface area contributed by atoms with Crippen molar-refractivity contribution in [1.82, 2.24) is 9.38 Å². The molecule has 0 saturated heterocycles. The summed E-state index contributed by atoms with van der Waals surface area (Å²) in [6, 6.07) is 19.7. The van der Waals surface area contributed by atoms with Gasteiger partial charge in [0.2, 0.25) is 0 Å². The molecule has 32 heavy (non-hydrogen) atoms. The van der Waals surface area contributed by atoms with Gasteiger partial charge < -0.3 is 14.8 Å². The molecule has 0 bridgehead atoms. The van der Waals surface area contributed by atoms with Gasteiger partial charge in [0.05, 0.1) is 5.69 Å². The minimum Gasteiger partial charge on any atom is -0.487 e. The first kappa shape index (κ1) is 21.1. The molecular weight excluding hydrogens is 406 g/mol. The number of rotatable bonds is 7. The molecule has 0 atom stereocenters. The number of hydrogen-bond acceptors (Lipinski definition) is 5. The molecule has 0 aliphatic rings. The van der Waals surface area contributed by atoms with Gasteiger partial charge in [-0.3, -0.25) is 14.0 Å². The van der Waals surface area contributed by atoms with Crippen molar-refractivity contribution in [2.75, 3.05) is 11.9 Å². The van der Waals surface area contributed by atoms with Gasteiger partial charge >= 0.3 is 0 Å². The number of nitrogens with zero attached hydrogens (tertiary/aromatic N) is 2. The van der Waals surface area contributed by atoms with Gasteiger partial charge in [0.1, 0.15) is 23.8 Å². The molecule has 0 aliphatic carbocycles. The summed E-state index contributed by atoms with van der Waals surface area (Å²) < 4.78 is 12.8. The quantitative estimate of drug-likeness (QED) is 0.482. The van der Waals surface area contributed by atoms with Gasteiger partial charge in [0.25, 0.3) is 11.5 Å². The molecule has 0 aliphatic heterocycles. The van der Waals surface area contributed by atoms with Crippen LogP contribution in [0.3, 0.4) is 0 Å². The molecule has 0 saturated carbocycles. The van der Waals surface area contributed by atoms with Crippen LogP contribution in [-0.2, 0) is 11.4 Å². The molecule has 7 heteroatoms. The van der Waals surface area contributed by atoms with Gasteiger partial charge in [0, 0.05) is 18.0 Å². The van der Waals surface area contributed by atoms with Crippen molar-refractivity contribution in [2.45, 2.75) is 20.5 Å². The fourth-order valence-corrected chi connectivity index (χ4v) is 3.23. The molecule has 4 rings (SSSR count). The normalized spacial score (nSPS) is 10.7. The molecule has 0 radical (unpaired) electrons. The molecule has 1 amide bonds. The monoisotopic (exact) mass is 429 g/mol. The summed E-state index contributed by atoms with van der Waals surface area (Å²) in [5.74, 6) is 1.00. The molecule has 1 N–H and O–H groups in total. The van der Waals surface area contributed by atoms with E-state index in [9.17, 15) is 9.59 Å². The lowest BCUT2D eigenvalue weighted by atomic mass is 10.2. The summed E-state index contributed by atoms with van der Waals surface area (Å²) in [4.78, 5) is 28.9. The second kappa shape index (κ2) is 9.34. The van der Waals surface area contributed by atoms with Crippen LogP contribution in [0.2, 0.25) is 0 Å². The maximum absolute atomic E-state index is 12.3. The number of aryl methyl sites for hydroxylation is 2. The fraction of sp³-hybridized carbons (Fsp3) is 0.160. The molecule has 4 aromatic rings. The second-order valence-electron chi connectivity index (χ2n) is 7.44. The smallest absolute Gasteiger partial charge is 0.262 e. The molecule has 2 aromatic carbocycles. The number of anilines is 1. The van der Waals surface area contributed by atoms with E-state index in [-0.39, 0.29) is 24.7 Å². The Bertz CT molecular complexity index is 1310. The molecule has 2 heterocycles. The van der Waals surface area contributed by atoms with E-state index in [4.69, 9.17) is 9.47 Å². The molecular formula is C25H23N3O4. The highest BCUT2D eigenvalue weighted by molar-refractivity contribution is 5.91. The fourth-order valence-electron chi connectivity index (χ4n) is 3.23. The van der Waals surface area contributed by atoms with Crippen molar-refractivity contribution in [1.29, 1.82) is 0 Å². The average molecular weight is 429 g/mol. The molecule has 2 aromatic heterocycles. The van der Waals surface area contributed by atoms with Gasteiger partial charge in [-0.05, 0) is 67.4 Å². The van der Waals surface area contributed by atoms with Crippen molar-refractivity contribution in [3.05, 3.63) is 100 Å². The van der Waals surface area contributed by atoms with Crippen LogP contribution in [0.15, 0.2) is 77.7 Å². The van der Waals surface area contributed by atoms with Gasteiger partial charge in [-0.2, -0.15) is 0 Å². The third-order valence-electron chi connectivity index (χ3n) is 4.82. The van der Waals surface area contributed by atoms with E-state index in [1.165, 1.54) is 10.5 Å². The number of nitrogens with one attached hydrogen (secondary N) is 1. The minimum absolute atomic E-state index is 0.0791.